The van der Waals surface area contributed by atoms with Crippen LogP contribution < -0.4 is 10.6 Å². The summed E-state index contributed by atoms with van der Waals surface area (Å²) in [5.74, 6) is 5.27. The van der Waals surface area contributed by atoms with Gasteiger partial charge in [-0.1, -0.05) is 11.3 Å². The summed E-state index contributed by atoms with van der Waals surface area (Å²) in [7, 11) is 1.45. The van der Waals surface area contributed by atoms with Crippen LogP contribution in [0.5, 0.6) is 0 Å². The number of aryl methyl sites for hydroxylation is 1. The van der Waals surface area contributed by atoms with Crippen LogP contribution in [0.4, 0.5) is 0 Å². The van der Waals surface area contributed by atoms with Gasteiger partial charge in [-0.3, -0.25) is 0 Å². The average Bonchev–Trinajstić information content (AvgIpc) is 2.65. The molecule has 6 nitrogen and oxygen atoms in total. The molecule has 0 fully saturated rings. The van der Waals surface area contributed by atoms with Crippen molar-refractivity contribution in [2.24, 2.45) is 18.0 Å². The number of sulfonamides is 1. The molecule has 0 aliphatic rings. The number of hydrogen-bond donors (Lipinski definition) is 1. The molecule has 0 unspecified atom stereocenters. The van der Waals surface area contributed by atoms with Crippen LogP contribution in [0, 0.1) is 0 Å². The lowest BCUT2D eigenvalue weighted by molar-refractivity contribution is 0.521. The Balaban J connectivity index is 2.74. The first-order valence-electron chi connectivity index (χ1n) is 5.14. The Labute approximate surface area is 109 Å². The molecule has 98 valence electrons. The molecular weight excluding hydrogens is 272 g/mol. The molecule has 0 aliphatic carbocycles. The molecule has 1 heterocycles. The van der Waals surface area contributed by atoms with Crippen LogP contribution in [0.25, 0.3) is 10.2 Å². The number of benzene rings is 1. The van der Waals surface area contributed by atoms with Crippen LogP contribution in [-0.2, 0) is 17.1 Å². The van der Waals surface area contributed by atoms with E-state index in [1.54, 1.807) is 18.2 Å². The van der Waals surface area contributed by atoms with E-state index in [9.17, 15) is 8.42 Å². The zero-order valence-corrected chi connectivity index (χ0v) is 11.9. The minimum absolute atomic E-state index is 0.269. The summed E-state index contributed by atoms with van der Waals surface area (Å²) in [6.07, 6.45) is 0. The largest absolute Gasteiger partial charge is 0.320 e. The molecule has 18 heavy (non-hydrogen) atoms. The number of aromatic nitrogens is 1. The first kappa shape index (κ1) is 13.1. The number of rotatable bonds is 2. The van der Waals surface area contributed by atoms with E-state index >= 15 is 0 Å². The molecule has 0 saturated carbocycles. The van der Waals surface area contributed by atoms with Crippen LogP contribution in [-0.4, -0.2) is 31.4 Å². The van der Waals surface area contributed by atoms with Crippen LogP contribution >= 0.6 is 11.3 Å². The van der Waals surface area contributed by atoms with Crippen molar-refractivity contribution in [1.29, 1.82) is 0 Å². The van der Waals surface area contributed by atoms with Crippen molar-refractivity contribution in [1.82, 2.24) is 8.87 Å². The van der Waals surface area contributed by atoms with Crippen LogP contribution in [0.2, 0.25) is 0 Å². The quantitative estimate of drug-likeness (QED) is 0.635. The average molecular weight is 286 g/mol. The van der Waals surface area contributed by atoms with Gasteiger partial charge < -0.3 is 10.4 Å². The van der Waals surface area contributed by atoms with Crippen LogP contribution in [0.15, 0.2) is 28.2 Å². The van der Waals surface area contributed by atoms with E-state index in [1.165, 1.54) is 29.7 Å². The van der Waals surface area contributed by atoms with E-state index in [0.29, 0.717) is 4.80 Å². The van der Waals surface area contributed by atoms with Gasteiger partial charge in [0.15, 0.2) is 0 Å². The number of nitrogens with two attached hydrogens (primary N) is 1. The third-order valence-corrected chi connectivity index (χ3v) is 5.59. The summed E-state index contributed by atoms with van der Waals surface area (Å²) < 4.78 is 27.9. The number of hydrogen-bond acceptors (Lipinski definition) is 5. The minimum Gasteiger partial charge on any atom is -0.320 e. The van der Waals surface area contributed by atoms with E-state index < -0.39 is 10.0 Å². The van der Waals surface area contributed by atoms with Gasteiger partial charge in [0.1, 0.15) is 0 Å². The van der Waals surface area contributed by atoms with Crippen molar-refractivity contribution in [3.05, 3.63) is 23.0 Å². The van der Waals surface area contributed by atoms with Crippen molar-refractivity contribution >= 4 is 31.6 Å². The highest BCUT2D eigenvalue weighted by Crippen LogP contribution is 2.22. The second-order valence-corrected chi connectivity index (χ2v) is 7.15. The molecule has 2 aromatic rings. The fourth-order valence-electron chi connectivity index (χ4n) is 1.61. The predicted molar refractivity (Wildman–Crippen MR) is 71.4 cm³/mol. The van der Waals surface area contributed by atoms with Gasteiger partial charge in [0.05, 0.1) is 15.1 Å². The Morgan fingerprint density at radius 1 is 1.39 bits per heavy atom. The summed E-state index contributed by atoms with van der Waals surface area (Å²) in [5, 5.41) is 3.66. The Bertz CT molecular complexity index is 756. The highest BCUT2D eigenvalue weighted by atomic mass is 32.2. The highest BCUT2D eigenvalue weighted by Gasteiger charge is 2.18. The van der Waals surface area contributed by atoms with Gasteiger partial charge in [0.2, 0.25) is 14.8 Å². The molecule has 0 saturated heterocycles. The van der Waals surface area contributed by atoms with E-state index in [4.69, 9.17) is 5.84 Å². The molecule has 0 radical (unpaired) electrons. The molecule has 0 amide bonds. The van der Waals surface area contributed by atoms with E-state index in [1.807, 2.05) is 11.6 Å². The smallest absolute Gasteiger partial charge is 0.242 e. The second kappa shape index (κ2) is 4.38. The highest BCUT2D eigenvalue weighted by molar-refractivity contribution is 7.89. The molecule has 0 spiro atoms. The monoisotopic (exact) mass is 286 g/mol. The molecule has 0 aliphatic heterocycles. The van der Waals surface area contributed by atoms with Crippen molar-refractivity contribution < 1.29 is 8.42 Å². The summed E-state index contributed by atoms with van der Waals surface area (Å²) in [6, 6.07) is 4.99. The van der Waals surface area contributed by atoms with Crippen molar-refractivity contribution in [3.8, 4) is 0 Å². The Morgan fingerprint density at radius 3 is 2.61 bits per heavy atom. The van der Waals surface area contributed by atoms with E-state index in [-0.39, 0.29) is 4.90 Å². The summed E-state index contributed by atoms with van der Waals surface area (Å²) in [5.41, 5.74) is 0.905. The zero-order chi connectivity index (χ0) is 13.5. The third-order valence-electron chi connectivity index (χ3n) is 2.67. The molecule has 1 aromatic heterocycles. The standard InChI is InChI=1S/C10H14N4O2S2/c1-13(2)18(15,16)7-4-5-8-9(6-7)17-10(12-11)14(8)3/h4-6H,11H2,1-3H3. The van der Waals surface area contributed by atoms with E-state index in [2.05, 4.69) is 5.10 Å². The maximum absolute atomic E-state index is 12.0. The first-order chi connectivity index (χ1) is 8.37. The molecule has 0 atom stereocenters. The summed E-state index contributed by atoms with van der Waals surface area (Å²) in [6.45, 7) is 0. The van der Waals surface area contributed by atoms with Crippen LogP contribution in [0.1, 0.15) is 0 Å². The summed E-state index contributed by atoms with van der Waals surface area (Å²) in [4.78, 5) is 0.912. The van der Waals surface area contributed by atoms with Crippen LogP contribution in [0.3, 0.4) is 0 Å². The van der Waals surface area contributed by atoms with Gasteiger partial charge in [0.25, 0.3) is 0 Å². The Morgan fingerprint density at radius 2 is 2.06 bits per heavy atom. The number of nitrogens with zero attached hydrogens (tertiary/aromatic N) is 3. The van der Waals surface area contributed by atoms with Gasteiger partial charge in [-0.15, -0.1) is 0 Å². The Kier molecular flexibility index (Phi) is 3.18. The van der Waals surface area contributed by atoms with Crippen molar-refractivity contribution in [2.75, 3.05) is 14.1 Å². The molecule has 8 heteroatoms. The summed E-state index contributed by atoms with van der Waals surface area (Å²) >= 11 is 1.35. The lowest BCUT2D eigenvalue weighted by Crippen LogP contribution is -2.22. The Hall–Kier alpha value is -1.38. The van der Waals surface area contributed by atoms with Gasteiger partial charge in [-0.05, 0) is 18.2 Å². The first-order valence-corrected chi connectivity index (χ1v) is 7.39. The minimum atomic E-state index is -3.41. The zero-order valence-electron chi connectivity index (χ0n) is 10.3. The molecule has 2 rings (SSSR count). The van der Waals surface area contributed by atoms with Gasteiger partial charge in [-0.25, -0.2) is 12.7 Å². The third kappa shape index (κ3) is 1.92. The van der Waals surface area contributed by atoms with Gasteiger partial charge >= 0.3 is 0 Å². The van der Waals surface area contributed by atoms with Crippen molar-refractivity contribution in [2.45, 2.75) is 4.90 Å². The molecule has 1 aromatic carbocycles. The van der Waals surface area contributed by atoms with Crippen molar-refractivity contribution in [3.63, 3.8) is 0 Å². The lowest BCUT2D eigenvalue weighted by Gasteiger charge is -2.11. The number of thiazole rings is 1. The fraction of sp³-hybridized carbons (Fsp3) is 0.300. The van der Waals surface area contributed by atoms with Gasteiger partial charge in [-0.2, -0.15) is 5.10 Å². The SMILES string of the molecule is CN(C)S(=O)(=O)c1ccc2c(c1)sc(=NN)n2C. The lowest BCUT2D eigenvalue weighted by atomic mass is 10.3. The predicted octanol–water partition coefficient (Wildman–Crippen LogP) is 0.265. The van der Waals surface area contributed by atoms with E-state index in [0.717, 1.165) is 10.2 Å². The topological polar surface area (TPSA) is 80.7 Å². The number of fused-ring (bicyclic) bond motifs is 1. The second-order valence-electron chi connectivity index (χ2n) is 3.99. The fourth-order valence-corrected chi connectivity index (χ4v) is 3.59. The van der Waals surface area contributed by atoms with Gasteiger partial charge in [0, 0.05) is 21.1 Å². The molecule has 0 bridgehead atoms. The molecule has 2 N–H and O–H groups in total. The maximum atomic E-state index is 12.0. The molecular formula is C10H14N4O2S2. The normalized spacial score (nSPS) is 13.7. The maximum Gasteiger partial charge on any atom is 0.242 e.